The smallest absolute Gasteiger partial charge is 0.186 e. The van der Waals surface area contributed by atoms with E-state index in [4.69, 9.17) is 9.84 Å². The van der Waals surface area contributed by atoms with Crippen LogP contribution in [0.15, 0.2) is 54.6 Å². The van der Waals surface area contributed by atoms with Crippen LogP contribution in [-0.2, 0) is 0 Å². The normalized spacial score (nSPS) is 9.93. The quantitative estimate of drug-likeness (QED) is 0.772. The number of hydrogen-bond donors (Lipinski definition) is 1. The van der Waals surface area contributed by atoms with E-state index in [1.165, 1.54) is 0 Å². The van der Waals surface area contributed by atoms with Crippen molar-refractivity contribution in [3.63, 3.8) is 0 Å². The van der Waals surface area contributed by atoms with Gasteiger partial charge in [-0.05, 0) is 11.6 Å². The molecule has 0 aliphatic heterocycles. The van der Waals surface area contributed by atoms with Gasteiger partial charge in [-0.3, -0.25) is 0 Å². The standard InChI is InChI=1S/C13H12O2/c14-10-15-13-9-5-4-8-12(13)11-6-2-1-3-7-11/h1-9,14H,10H2. The van der Waals surface area contributed by atoms with Crippen LogP contribution >= 0.6 is 0 Å². The van der Waals surface area contributed by atoms with E-state index >= 15 is 0 Å². The van der Waals surface area contributed by atoms with Crippen LogP contribution in [0.4, 0.5) is 0 Å². The van der Waals surface area contributed by atoms with Crippen LogP contribution in [0.5, 0.6) is 5.75 Å². The first kappa shape index (κ1) is 9.74. The van der Waals surface area contributed by atoms with E-state index in [9.17, 15) is 0 Å². The highest BCUT2D eigenvalue weighted by Crippen LogP contribution is 2.29. The Kier molecular flexibility index (Phi) is 3.00. The SMILES string of the molecule is OCOc1ccccc1-c1ccccc1. The summed E-state index contributed by atoms with van der Waals surface area (Å²) < 4.78 is 5.15. The lowest BCUT2D eigenvalue weighted by Crippen LogP contribution is -1.96. The molecule has 76 valence electrons. The van der Waals surface area contributed by atoms with Crippen molar-refractivity contribution in [1.82, 2.24) is 0 Å². The summed E-state index contributed by atoms with van der Waals surface area (Å²) in [7, 11) is 0. The molecule has 0 bridgehead atoms. The monoisotopic (exact) mass is 200 g/mol. The molecule has 0 aliphatic rings. The molecule has 0 heterocycles. The fourth-order valence-electron chi connectivity index (χ4n) is 1.52. The Bertz CT molecular complexity index is 424. The van der Waals surface area contributed by atoms with E-state index < -0.39 is 0 Å². The summed E-state index contributed by atoms with van der Waals surface area (Å²) in [6.45, 7) is -0.302. The van der Waals surface area contributed by atoms with E-state index in [1.807, 2.05) is 54.6 Å². The number of aliphatic hydroxyl groups is 1. The van der Waals surface area contributed by atoms with Crippen molar-refractivity contribution < 1.29 is 9.84 Å². The van der Waals surface area contributed by atoms with Crippen LogP contribution in [0.3, 0.4) is 0 Å². The van der Waals surface area contributed by atoms with Crippen LogP contribution in [0.2, 0.25) is 0 Å². The van der Waals surface area contributed by atoms with E-state index in [-0.39, 0.29) is 6.79 Å². The Hall–Kier alpha value is -1.80. The molecule has 2 aromatic carbocycles. The van der Waals surface area contributed by atoms with Crippen molar-refractivity contribution in [2.75, 3.05) is 6.79 Å². The van der Waals surface area contributed by atoms with Crippen molar-refractivity contribution in [2.45, 2.75) is 0 Å². The summed E-state index contributed by atoms with van der Waals surface area (Å²) in [6, 6.07) is 17.6. The molecule has 0 saturated carbocycles. The summed E-state index contributed by atoms with van der Waals surface area (Å²) in [5.74, 6) is 0.700. The minimum atomic E-state index is -0.302. The molecule has 0 aliphatic carbocycles. The number of hydrogen-bond acceptors (Lipinski definition) is 2. The Labute approximate surface area is 88.8 Å². The third-order valence-electron chi connectivity index (χ3n) is 2.19. The third-order valence-corrected chi connectivity index (χ3v) is 2.19. The molecule has 0 amide bonds. The van der Waals surface area contributed by atoms with Crippen LogP contribution in [0.1, 0.15) is 0 Å². The molecule has 2 nitrogen and oxygen atoms in total. The summed E-state index contributed by atoms with van der Waals surface area (Å²) in [5, 5.41) is 8.77. The zero-order chi connectivity index (χ0) is 10.5. The van der Waals surface area contributed by atoms with Crippen molar-refractivity contribution >= 4 is 0 Å². The van der Waals surface area contributed by atoms with Crippen molar-refractivity contribution in [1.29, 1.82) is 0 Å². The molecule has 0 saturated heterocycles. The lowest BCUT2D eigenvalue weighted by molar-refractivity contribution is 0.0991. The molecule has 0 spiro atoms. The Morgan fingerprint density at radius 2 is 1.53 bits per heavy atom. The maximum Gasteiger partial charge on any atom is 0.186 e. The first-order valence-corrected chi connectivity index (χ1v) is 4.80. The van der Waals surface area contributed by atoms with Gasteiger partial charge in [0.15, 0.2) is 6.79 Å². The molecule has 0 unspecified atom stereocenters. The summed E-state index contributed by atoms with van der Waals surface area (Å²) in [5.41, 5.74) is 2.08. The van der Waals surface area contributed by atoms with Gasteiger partial charge < -0.3 is 9.84 Å². The van der Waals surface area contributed by atoms with E-state index in [1.54, 1.807) is 0 Å². The molecule has 0 atom stereocenters. The van der Waals surface area contributed by atoms with Gasteiger partial charge in [-0.1, -0.05) is 48.5 Å². The molecule has 15 heavy (non-hydrogen) atoms. The first-order chi connectivity index (χ1) is 7.42. The minimum Gasteiger partial charge on any atom is -0.467 e. The van der Waals surface area contributed by atoms with E-state index in [0.717, 1.165) is 11.1 Å². The Balaban J connectivity index is 2.43. The average Bonchev–Trinajstić information content (AvgIpc) is 2.31. The predicted octanol–water partition coefficient (Wildman–Crippen LogP) is 2.68. The van der Waals surface area contributed by atoms with Gasteiger partial charge >= 0.3 is 0 Å². The molecule has 2 heteroatoms. The zero-order valence-corrected chi connectivity index (χ0v) is 8.26. The lowest BCUT2D eigenvalue weighted by atomic mass is 10.1. The zero-order valence-electron chi connectivity index (χ0n) is 8.26. The summed E-state index contributed by atoms with van der Waals surface area (Å²) in [4.78, 5) is 0. The van der Waals surface area contributed by atoms with Gasteiger partial charge in [0.2, 0.25) is 0 Å². The molecular weight excluding hydrogens is 188 g/mol. The topological polar surface area (TPSA) is 29.5 Å². The second-order valence-electron chi connectivity index (χ2n) is 3.14. The molecule has 2 rings (SSSR count). The largest absolute Gasteiger partial charge is 0.467 e. The summed E-state index contributed by atoms with van der Waals surface area (Å²) in [6.07, 6.45) is 0. The number of rotatable bonds is 3. The van der Waals surface area contributed by atoms with Crippen LogP contribution in [-0.4, -0.2) is 11.9 Å². The number of ether oxygens (including phenoxy) is 1. The predicted molar refractivity (Wildman–Crippen MR) is 59.6 cm³/mol. The number of aliphatic hydroxyl groups excluding tert-OH is 1. The Morgan fingerprint density at radius 1 is 0.867 bits per heavy atom. The molecule has 0 fully saturated rings. The minimum absolute atomic E-state index is 0.302. The highest BCUT2D eigenvalue weighted by molar-refractivity contribution is 5.70. The lowest BCUT2D eigenvalue weighted by Gasteiger charge is -2.08. The molecule has 2 aromatic rings. The second kappa shape index (κ2) is 4.62. The van der Waals surface area contributed by atoms with Crippen LogP contribution < -0.4 is 4.74 Å². The third kappa shape index (κ3) is 2.17. The van der Waals surface area contributed by atoms with Crippen LogP contribution in [0, 0.1) is 0 Å². The number of para-hydroxylation sites is 1. The maximum atomic E-state index is 8.77. The van der Waals surface area contributed by atoms with Gasteiger partial charge in [-0.15, -0.1) is 0 Å². The number of benzene rings is 2. The van der Waals surface area contributed by atoms with E-state index in [0.29, 0.717) is 5.75 Å². The fourth-order valence-corrected chi connectivity index (χ4v) is 1.52. The molecular formula is C13H12O2. The fraction of sp³-hybridized carbons (Fsp3) is 0.0769. The Morgan fingerprint density at radius 3 is 2.27 bits per heavy atom. The van der Waals surface area contributed by atoms with Gasteiger partial charge in [-0.2, -0.15) is 0 Å². The highest BCUT2D eigenvalue weighted by Gasteiger charge is 2.03. The average molecular weight is 200 g/mol. The van der Waals surface area contributed by atoms with Crippen molar-refractivity contribution in [3.8, 4) is 16.9 Å². The maximum absolute atomic E-state index is 8.77. The van der Waals surface area contributed by atoms with Crippen LogP contribution in [0.25, 0.3) is 11.1 Å². The summed E-state index contributed by atoms with van der Waals surface area (Å²) >= 11 is 0. The molecule has 1 N–H and O–H groups in total. The van der Waals surface area contributed by atoms with Gasteiger partial charge in [0, 0.05) is 5.56 Å². The van der Waals surface area contributed by atoms with Gasteiger partial charge in [-0.25, -0.2) is 0 Å². The first-order valence-electron chi connectivity index (χ1n) is 4.80. The highest BCUT2D eigenvalue weighted by atomic mass is 16.6. The van der Waals surface area contributed by atoms with Gasteiger partial charge in [0.25, 0.3) is 0 Å². The van der Waals surface area contributed by atoms with Gasteiger partial charge in [0.1, 0.15) is 5.75 Å². The van der Waals surface area contributed by atoms with Gasteiger partial charge in [0.05, 0.1) is 0 Å². The van der Waals surface area contributed by atoms with Crippen molar-refractivity contribution in [3.05, 3.63) is 54.6 Å². The van der Waals surface area contributed by atoms with Crippen molar-refractivity contribution in [2.24, 2.45) is 0 Å². The molecule has 0 radical (unpaired) electrons. The van der Waals surface area contributed by atoms with E-state index in [2.05, 4.69) is 0 Å². The molecule has 0 aromatic heterocycles. The second-order valence-corrected chi connectivity index (χ2v) is 3.14.